The Hall–Kier alpha value is -0.0452. The molecule has 21 heavy (non-hydrogen) atoms. The van der Waals surface area contributed by atoms with E-state index in [1.807, 2.05) is 0 Å². The molecule has 1 heterocycles. The molecule has 1 aliphatic rings. The predicted molar refractivity (Wildman–Crippen MR) is 95.4 cm³/mol. The Morgan fingerprint density at radius 1 is 0.524 bits per heavy atom. The maximum Gasteiger partial charge on any atom is 0.382 e. The molecule has 1 saturated heterocycles. The second-order valence-electron chi connectivity index (χ2n) is 5.29. The topological polar surface area (TPSA) is 45.8 Å². The van der Waals surface area contributed by atoms with E-state index >= 15 is 0 Å². The fourth-order valence-electron chi connectivity index (χ4n) is 3.26. The molecule has 0 saturated carbocycles. The van der Waals surface area contributed by atoms with E-state index in [-0.39, 0.29) is 21.4 Å². The Morgan fingerprint density at radius 2 is 0.762 bits per heavy atom. The quantitative estimate of drug-likeness (QED) is 0.510. The summed E-state index contributed by atoms with van der Waals surface area (Å²) in [5, 5.41) is 11.0. The molecule has 1 fully saturated rings. The van der Waals surface area contributed by atoms with Gasteiger partial charge in [0.05, 0.1) is 0 Å². The van der Waals surface area contributed by atoms with E-state index in [1.54, 1.807) is 0 Å². The monoisotopic (exact) mass is 294 g/mol. The van der Waals surface area contributed by atoms with Crippen molar-refractivity contribution in [2.45, 2.75) is 41.5 Å². The maximum absolute atomic E-state index is 3.65. The van der Waals surface area contributed by atoms with Crippen LogP contribution in [0.1, 0.15) is 41.5 Å². The van der Waals surface area contributed by atoms with E-state index in [0.717, 1.165) is 39.3 Å². The van der Waals surface area contributed by atoms with Crippen molar-refractivity contribution in [3.05, 3.63) is 0 Å². The van der Waals surface area contributed by atoms with Crippen molar-refractivity contribution >= 4 is 21.4 Å². The summed E-state index contributed by atoms with van der Waals surface area (Å²) in [6.45, 7) is 19.2. The van der Waals surface area contributed by atoms with Gasteiger partial charge in [-0.15, -0.1) is 0 Å². The minimum absolute atomic E-state index is 0.265. The predicted octanol–water partition coefficient (Wildman–Crippen LogP) is -0.251. The van der Waals surface area contributed by atoms with Gasteiger partial charge in [-0.1, -0.05) is 41.5 Å². The molecule has 0 aliphatic carbocycles. The second-order valence-corrected chi connectivity index (χ2v) is 5.29. The van der Waals surface area contributed by atoms with Crippen LogP contribution >= 0.6 is 0 Å². The lowest BCUT2D eigenvalue weighted by Crippen LogP contribution is -2.86. The van der Waals surface area contributed by atoms with Gasteiger partial charge in [0.1, 0.15) is 0 Å². The van der Waals surface area contributed by atoms with Crippen LogP contribution < -0.4 is 15.7 Å². The van der Waals surface area contributed by atoms with Crippen LogP contribution in [-0.4, -0.2) is 74.8 Å². The second kappa shape index (κ2) is 9.87. The van der Waals surface area contributed by atoms with Gasteiger partial charge >= 0.3 is 21.4 Å². The SMILES string of the molecule is CCNB1N(CC)B(NCC)N(CC)B(NCC)N1CC. The summed E-state index contributed by atoms with van der Waals surface area (Å²) < 4.78 is 7.52. The molecule has 0 amide bonds. The fraction of sp³-hybridized carbons (Fsp3) is 1.00. The van der Waals surface area contributed by atoms with Gasteiger partial charge in [-0.25, -0.2) is 0 Å². The van der Waals surface area contributed by atoms with Crippen LogP contribution in [-0.2, 0) is 0 Å². The summed E-state index contributed by atoms with van der Waals surface area (Å²) in [4.78, 5) is 0. The third kappa shape index (κ3) is 4.24. The number of hydrogen-bond donors (Lipinski definition) is 3. The zero-order chi connectivity index (χ0) is 15.8. The lowest BCUT2D eigenvalue weighted by molar-refractivity contribution is 0.417. The summed E-state index contributed by atoms with van der Waals surface area (Å²) in [7, 11) is 0.794. The van der Waals surface area contributed by atoms with Crippen LogP contribution in [0.25, 0.3) is 0 Å². The van der Waals surface area contributed by atoms with Gasteiger partial charge in [0.25, 0.3) is 0 Å². The number of hydrogen-bond acceptors (Lipinski definition) is 6. The van der Waals surface area contributed by atoms with Crippen LogP contribution in [0.4, 0.5) is 0 Å². The van der Waals surface area contributed by atoms with Crippen LogP contribution in [0.2, 0.25) is 0 Å². The molecule has 0 atom stereocenters. The van der Waals surface area contributed by atoms with E-state index in [2.05, 4.69) is 71.4 Å². The number of nitrogens with zero attached hydrogens (tertiary/aromatic N) is 3. The minimum Gasteiger partial charge on any atom is -0.329 e. The van der Waals surface area contributed by atoms with Gasteiger partial charge in [-0.3, -0.25) is 0 Å². The highest BCUT2D eigenvalue weighted by atomic mass is 15.4. The molecular weight excluding hydrogens is 261 g/mol. The summed E-state index contributed by atoms with van der Waals surface area (Å²) >= 11 is 0. The number of rotatable bonds is 9. The van der Waals surface area contributed by atoms with Crippen LogP contribution in [0.5, 0.6) is 0 Å². The third-order valence-electron chi connectivity index (χ3n) is 4.14. The molecule has 6 nitrogen and oxygen atoms in total. The maximum atomic E-state index is 3.65. The summed E-state index contributed by atoms with van der Waals surface area (Å²) in [6, 6.07) is 0. The van der Waals surface area contributed by atoms with Gasteiger partial charge in [0.15, 0.2) is 0 Å². The first kappa shape index (κ1) is 19.0. The lowest BCUT2D eigenvalue weighted by atomic mass is 9.55. The zero-order valence-corrected chi connectivity index (χ0v) is 14.8. The molecular formula is C12H33B3N6. The molecule has 9 heteroatoms. The highest BCUT2D eigenvalue weighted by molar-refractivity contribution is 6.83. The van der Waals surface area contributed by atoms with E-state index < -0.39 is 0 Å². The molecule has 0 bridgehead atoms. The van der Waals surface area contributed by atoms with E-state index in [4.69, 9.17) is 0 Å². The van der Waals surface area contributed by atoms with Crippen LogP contribution in [0.3, 0.4) is 0 Å². The van der Waals surface area contributed by atoms with Gasteiger partial charge in [0, 0.05) is 0 Å². The summed E-state index contributed by atoms with van der Waals surface area (Å²) in [5.74, 6) is 0. The van der Waals surface area contributed by atoms with Gasteiger partial charge in [-0.2, -0.15) is 0 Å². The van der Waals surface area contributed by atoms with Crippen molar-refractivity contribution in [2.75, 3.05) is 39.3 Å². The van der Waals surface area contributed by atoms with Crippen LogP contribution in [0.15, 0.2) is 0 Å². The van der Waals surface area contributed by atoms with Crippen molar-refractivity contribution in [3.8, 4) is 0 Å². The summed E-state index contributed by atoms with van der Waals surface area (Å²) in [5.41, 5.74) is 0. The molecule has 1 aliphatic heterocycles. The van der Waals surface area contributed by atoms with Crippen molar-refractivity contribution in [3.63, 3.8) is 0 Å². The average Bonchev–Trinajstić information content (AvgIpc) is 2.49. The van der Waals surface area contributed by atoms with Crippen molar-refractivity contribution in [1.82, 2.24) is 29.8 Å². The first-order valence-electron chi connectivity index (χ1n) is 8.67. The summed E-state index contributed by atoms with van der Waals surface area (Å²) in [6.07, 6.45) is 0. The molecule has 0 radical (unpaired) electrons. The van der Waals surface area contributed by atoms with Gasteiger partial charge in [-0.05, 0) is 39.3 Å². The largest absolute Gasteiger partial charge is 0.382 e. The minimum atomic E-state index is 0.265. The molecule has 0 aromatic carbocycles. The Kier molecular flexibility index (Phi) is 8.93. The number of nitrogens with one attached hydrogen (secondary N) is 3. The van der Waals surface area contributed by atoms with E-state index in [1.165, 1.54) is 0 Å². The van der Waals surface area contributed by atoms with E-state index in [0.29, 0.717) is 0 Å². The zero-order valence-electron chi connectivity index (χ0n) is 14.8. The van der Waals surface area contributed by atoms with Crippen molar-refractivity contribution in [1.29, 1.82) is 0 Å². The Bertz CT molecular complexity index is 231. The highest BCUT2D eigenvalue weighted by Crippen LogP contribution is 2.15. The van der Waals surface area contributed by atoms with Gasteiger partial charge in [0.2, 0.25) is 0 Å². The van der Waals surface area contributed by atoms with Crippen molar-refractivity contribution in [2.24, 2.45) is 0 Å². The molecule has 3 N–H and O–H groups in total. The highest BCUT2D eigenvalue weighted by Gasteiger charge is 2.51. The normalized spacial score (nSPS) is 18.9. The van der Waals surface area contributed by atoms with E-state index in [9.17, 15) is 0 Å². The van der Waals surface area contributed by atoms with Gasteiger partial charge < -0.3 is 29.8 Å². The fourth-order valence-corrected chi connectivity index (χ4v) is 3.26. The molecule has 0 unspecified atom stereocenters. The molecule has 0 aromatic rings. The Labute approximate surface area is 132 Å². The first-order chi connectivity index (χ1) is 10.2. The van der Waals surface area contributed by atoms with Crippen LogP contribution in [0, 0.1) is 0 Å². The molecule has 120 valence electrons. The first-order valence-corrected chi connectivity index (χ1v) is 8.67. The molecule has 0 aromatic heterocycles. The molecule has 0 spiro atoms. The molecule has 1 rings (SSSR count). The standard InChI is InChI=1S/C12H33B3N6/c1-7-16-13-19(10-4)14(17-8-2)21(12-6)15(18-9-3)20(13)11-5/h16-18H,7-12H2,1-6H3. The average molecular weight is 294 g/mol. The smallest absolute Gasteiger partial charge is 0.329 e. The lowest BCUT2D eigenvalue weighted by Gasteiger charge is -2.52. The Morgan fingerprint density at radius 3 is 0.905 bits per heavy atom. The van der Waals surface area contributed by atoms with Crippen molar-refractivity contribution < 1.29 is 0 Å². The Balaban J connectivity index is 3.11. The third-order valence-corrected chi connectivity index (χ3v) is 4.14.